The number of aromatic nitrogens is 4. The fourth-order valence-electron chi connectivity index (χ4n) is 1.86. The summed E-state index contributed by atoms with van der Waals surface area (Å²) >= 11 is 6.08. The van der Waals surface area contributed by atoms with Crippen LogP contribution in [0.15, 0.2) is 42.9 Å². The van der Waals surface area contributed by atoms with Gasteiger partial charge in [-0.15, -0.1) is 0 Å². The number of benzene rings is 1. The molecule has 19 heavy (non-hydrogen) atoms. The number of fused-ring (bicyclic) bond motifs is 1. The zero-order valence-electron chi connectivity index (χ0n) is 10.2. The van der Waals surface area contributed by atoms with Gasteiger partial charge in [0.1, 0.15) is 18.2 Å². The maximum absolute atomic E-state index is 6.08. The van der Waals surface area contributed by atoms with Gasteiger partial charge in [-0.3, -0.25) is 0 Å². The summed E-state index contributed by atoms with van der Waals surface area (Å²) in [5.41, 5.74) is 0.863. The van der Waals surface area contributed by atoms with Gasteiger partial charge in [0.25, 0.3) is 5.78 Å². The highest BCUT2D eigenvalue weighted by Crippen LogP contribution is 2.28. The van der Waals surface area contributed by atoms with Gasteiger partial charge >= 0.3 is 0 Å². The van der Waals surface area contributed by atoms with Gasteiger partial charge in [-0.1, -0.05) is 23.7 Å². The van der Waals surface area contributed by atoms with Crippen molar-refractivity contribution >= 4 is 17.4 Å². The van der Waals surface area contributed by atoms with Crippen molar-refractivity contribution in [3.8, 4) is 5.75 Å². The molecule has 2 heterocycles. The molecule has 1 aromatic carbocycles. The third kappa shape index (κ3) is 2.24. The maximum Gasteiger partial charge on any atom is 0.252 e. The minimum atomic E-state index is -0.216. The third-order valence-corrected chi connectivity index (χ3v) is 3.08. The molecule has 0 radical (unpaired) electrons. The molecule has 0 saturated carbocycles. The number of ether oxygens (including phenoxy) is 1. The van der Waals surface area contributed by atoms with Crippen LogP contribution in [0, 0.1) is 0 Å². The molecule has 96 valence electrons. The van der Waals surface area contributed by atoms with Crippen LogP contribution in [0.5, 0.6) is 5.75 Å². The average molecular weight is 275 g/mol. The summed E-state index contributed by atoms with van der Waals surface area (Å²) in [5.74, 6) is 1.19. The molecule has 0 aliphatic rings. The van der Waals surface area contributed by atoms with Gasteiger partial charge in [0, 0.05) is 6.20 Å². The number of nitrogens with zero attached hydrogens (tertiary/aromatic N) is 4. The second kappa shape index (κ2) is 4.85. The van der Waals surface area contributed by atoms with E-state index in [1.807, 2.05) is 31.2 Å². The van der Waals surface area contributed by atoms with E-state index in [1.165, 1.54) is 6.33 Å². The van der Waals surface area contributed by atoms with Crippen LogP contribution in [0.3, 0.4) is 0 Å². The van der Waals surface area contributed by atoms with Crippen molar-refractivity contribution in [3.63, 3.8) is 0 Å². The van der Waals surface area contributed by atoms with Gasteiger partial charge in [0.15, 0.2) is 0 Å². The summed E-state index contributed by atoms with van der Waals surface area (Å²) in [6.45, 7) is 1.93. The largest absolute Gasteiger partial charge is 0.483 e. The Kier molecular flexibility index (Phi) is 3.05. The lowest BCUT2D eigenvalue weighted by Crippen LogP contribution is -2.10. The van der Waals surface area contributed by atoms with Crippen molar-refractivity contribution < 1.29 is 4.74 Å². The van der Waals surface area contributed by atoms with Crippen molar-refractivity contribution in [1.29, 1.82) is 0 Å². The van der Waals surface area contributed by atoms with Crippen LogP contribution >= 0.6 is 11.6 Å². The van der Waals surface area contributed by atoms with E-state index in [4.69, 9.17) is 16.3 Å². The van der Waals surface area contributed by atoms with Crippen LogP contribution in [0.1, 0.15) is 18.7 Å². The fourth-order valence-corrected chi connectivity index (χ4v) is 2.04. The summed E-state index contributed by atoms with van der Waals surface area (Å²) in [4.78, 5) is 8.16. The Labute approximate surface area is 114 Å². The number of hydrogen-bond donors (Lipinski definition) is 0. The third-order valence-electron chi connectivity index (χ3n) is 2.77. The first-order chi connectivity index (χ1) is 9.25. The Morgan fingerprint density at radius 3 is 2.89 bits per heavy atom. The number of rotatable bonds is 3. The van der Waals surface area contributed by atoms with Crippen molar-refractivity contribution in [2.45, 2.75) is 13.0 Å². The molecule has 0 aliphatic carbocycles. The summed E-state index contributed by atoms with van der Waals surface area (Å²) in [5, 5.41) is 4.72. The van der Waals surface area contributed by atoms with E-state index in [0.29, 0.717) is 16.5 Å². The molecule has 0 spiro atoms. The average Bonchev–Trinajstić information content (AvgIpc) is 2.89. The molecule has 0 aliphatic heterocycles. The Hall–Kier alpha value is -2.14. The Balaban J connectivity index is 1.94. The van der Waals surface area contributed by atoms with Gasteiger partial charge in [0.05, 0.1) is 10.7 Å². The van der Waals surface area contributed by atoms with Crippen LogP contribution < -0.4 is 4.74 Å². The van der Waals surface area contributed by atoms with Crippen LogP contribution in [0.4, 0.5) is 0 Å². The lowest BCUT2D eigenvalue weighted by atomic mass is 10.2. The fraction of sp³-hybridized carbons (Fsp3) is 0.154. The summed E-state index contributed by atoms with van der Waals surface area (Å²) < 4.78 is 7.51. The van der Waals surface area contributed by atoms with Crippen molar-refractivity contribution in [2.75, 3.05) is 0 Å². The molecule has 1 atom stereocenters. The minimum absolute atomic E-state index is 0.216. The quantitative estimate of drug-likeness (QED) is 0.737. The highest BCUT2D eigenvalue weighted by Gasteiger charge is 2.14. The van der Waals surface area contributed by atoms with Crippen LogP contribution in [0.2, 0.25) is 5.02 Å². The maximum atomic E-state index is 6.08. The van der Waals surface area contributed by atoms with E-state index >= 15 is 0 Å². The zero-order chi connectivity index (χ0) is 13.2. The van der Waals surface area contributed by atoms with Gasteiger partial charge in [-0.25, -0.2) is 4.98 Å². The monoisotopic (exact) mass is 274 g/mol. The topological polar surface area (TPSA) is 52.3 Å². The first-order valence-corrected chi connectivity index (χ1v) is 6.19. The number of halogens is 1. The summed E-state index contributed by atoms with van der Waals surface area (Å²) in [6.07, 6.45) is 2.94. The van der Waals surface area contributed by atoms with Gasteiger partial charge in [-0.05, 0) is 25.1 Å². The Morgan fingerprint density at radius 2 is 2.05 bits per heavy atom. The summed E-state index contributed by atoms with van der Waals surface area (Å²) in [6, 6.07) is 9.22. The molecule has 0 saturated heterocycles. The van der Waals surface area contributed by atoms with E-state index in [2.05, 4.69) is 15.1 Å². The van der Waals surface area contributed by atoms with E-state index in [-0.39, 0.29) is 6.10 Å². The molecule has 6 heteroatoms. The predicted molar refractivity (Wildman–Crippen MR) is 71.3 cm³/mol. The molecule has 3 rings (SSSR count). The molecule has 0 fully saturated rings. The van der Waals surface area contributed by atoms with Crippen LogP contribution in [-0.4, -0.2) is 19.6 Å². The van der Waals surface area contributed by atoms with E-state index < -0.39 is 0 Å². The van der Waals surface area contributed by atoms with E-state index in [1.54, 1.807) is 16.8 Å². The van der Waals surface area contributed by atoms with E-state index in [9.17, 15) is 0 Å². The van der Waals surface area contributed by atoms with Crippen molar-refractivity contribution in [3.05, 3.63) is 53.6 Å². The second-order valence-electron chi connectivity index (χ2n) is 4.03. The molecule has 0 N–H and O–H groups in total. The van der Waals surface area contributed by atoms with Gasteiger partial charge in [-0.2, -0.15) is 14.6 Å². The first-order valence-electron chi connectivity index (χ1n) is 5.81. The molecule has 0 bridgehead atoms. The highest BCUT2D eigenvalue weighted by atomic mass is 35.5. The molecule has 0 amide bonds. The standard InChI is InChI=1S/C13H11ClN4O/c1-9(19-12-5-3-2-4-10(12)14)11-6-7-15-13-16-8-17-18(11)13/h2-9H,1H3/t9-/m1/s1. The van der Waals surface area contributed by atoms with Crippen molar-refractivity contribution in [2.24, 2.45) is 0 Å². The Morgan fingerprint density at radius 1 is 1.21 bits per heavy atom. The molecule has 0 unspecified atom stereocenters. The highest BCUT2D eigenvalue weighted by molar-refractivity contribution is 6.32. The normalized spacial score (nSPS) is 12.5. The molecule has 2 aromatic heterocycles. The summed E-state index contributed by atoms with van der Waals surface area (Å²) in [7, 11) is 0. The zero-order valence-corrected chi connectivity index (χ0v) is 10.9. The smallest absolute Gasteiger partial charge is 0.252 e. The second-order valence-corrected chi connectivity index (χ2v) is 4.44. The Bertz CT molecular complexity index is 712. The van der Waals surface area contributed by atoms with Crippen LogP contribution in [-0.2, 0) is 0 Å². The van der Waals surface area contributed by atoms with Crippen molar-refractivity contribution in [1.82, 2.24) is 19.6 Å². The van der Waals surface area contributed by atoms with Crippen LogP contribution in [0.25, 0.3) is 5.78 Å². The molecule has 5 nitrogen and oxygen atoms in total. The molecular formula is C13H11ClN4O. The number of hydrogen-bond acceptors (Lipinski definition) is 4. The lowest BCUT2D eigenvalue weighted by Gasteiger charge is -2.16. The van der Waals surface area contributed by atoms with E-state index in [0.717, 1.165) is 5.69 Å². The molecular weight excluding hydrogens is 264 g/mol. The first kappa shape index (κ1) is 11.9. The lowest BCUT2D eigenvalue weighted by molar-refractivity contribution is 0.219. The predicted octanol–water partition coefficient (Wildman–Crippen LogP) is 2.92. The SMILES string of the molecule is C[C@@H](Oc1ccccc1Cl)c1ccnc2ncnn12. The van der Waals surface area contributed by atoms with Gasteiger partial charge < -0.3 is 4.74 Å². The number of para-hydroxylation sites is 1. The van der Waals surface area contributed by atoms with Gasteiger partial charge in [0.2, 0.25) is 0 Å². The molecule has 3 aromatic rings. The minimum Gasteiger partial charge on any atom is -0.483 e.